The first-order valence-electron chi connectivity index (χ1n) is 12.3. The Balaban J connectivity index is 1.37. The van der Waals surface area contributed by atoms with E-state index in [9.17, 15) is 4.79 Å². The molecule has 0 atom stereocenters. The number of ether oxygens (including phenoxy) is 1. The summed E-state index contributed by atoms with van der Waals surface area (Å²) in [5.41, 5.74) is 6.68. The molecule has 1 fully saturated rings. The molecule has 0 N–H and O–H groups in total. The molecule has 0 bridgehead atoms. The summed E-state index contributed by atoms with van der Waals surface area (Å²) in [4.78, 5) is 21.9. The smallest absolute Gasteiger partial charge is 0.246 e. The van der Waals surface area contributed by atoms with Crippen molar-refractivity contribution in [2.24, 2.45) is 0 Å². The number of amides is 1. The molecule has 4 aromatic rings. The van der Waals surface area contributed by atoms with Crippen molar-refractivity contribution < 1.29 is 13.9 Å². The number of rotatable bonds is 6. The summed E-state index contributed by atoms with van der Waals surface area (Å²) in [5.74, 6) is 0.762. The quantitative estimate of drug-likeness (QED) is 0.338. The number of hydrogen-bond acceptors (Lipinski definition) is 5. The third-order valence-corrected chi connectivity index (χ3v) is 6.89. The van der Waals surface area contributed by atoms with E-state index in [1.54, 1.807) is 19.4 Å². The van der Waals surface area contributed by atoms with Gasteiger partial charge in [-0.25, -0.2) is 0 Å². The van der Waals surface area contributed by atoms with Gasteiger partial charge in [0.05, 0.1) is 19.1 Å². The van der Waals surface area contributed by atoms with Gasteiger partial charge in [-0.1, -0.05) is 36.4 Å². The van der Waals surface area contributed by atoms with Crippen LogP contribution in [0, 0.1) is 6.92 Å². The van der Waals surface area contributed by atoms with E-state index in [2.05, 4.69) is 28.1 Å². The average molecular weight is 482 g/mol. The Labute approximate surface area is 211 Å². The number of fused-ring (bicyclic) bond motifs is 1. The average Bonchev–Trinajstić information content (AvgIpc) is 3.34. The molecule has 6 nitrogen and oxygen atoms in total. The minimum Gasteiger partial charge on any atom is -0.496 e. The normalized spacial score (nSPS) is 14.9. The zero-order chi connectivity index (χ0) is 25.1. The predicted molar refractivity (Wildman–Crippen MR) is 143 cm³/mol. The van der Waals surface area contributed by atoms with E-state index >= 15 is 0 Å². The van der Waals surface area contributed by atoms with Crippen LogP contribution >= 0.6 is 0 Å². The van der Waals surface area contributed by atoms with Crippen molar-refractivity contribution in [3.63, 3.8) is 0 Å². The van der Waals surface area contributed by atoms with Gasteiger partial charge in [-0.3, -0.25) is 14.7 Å². The van der Waals surface area contributed by atoms with Crippen molar-refractivity contribution in [3.8, 4) is 16.9 Å². The number of aryl methyl sites for hydroxylation is 1. The molecule has 2 aromatic carbocycles. The number of piperazine rings is 1. The van der Waals surface area contributed by atoms with Crippen LogP contribution in [0.1, 0.15) is 23.7 Å². The molecule has 1 saturated heterocycles. The molecular weight excluding hydrogens is 450 g/mol. The molecule has 0 saturated carbocycles. The Hall–Kier alpha value is -3.90. The molecule has 2 aromatic heterocycles. The van der Waals surface area contributed by atoms with E-state index in [-0.39, 0.29) is 5.91 Å². The fraction of sp³-hybridized carbons (Fsp3) is 0.267. The molecule has 1 aliphatic heterocycles. The zero-order valence-electron chi connectivity index (χ0n) is 21.0. The van der Waals surface area contributed by atoms with Crippen molar-refractivity contribution in [1.29, 1.82) is 0 Å². The molecule has 36 heavy (non-hydrogen) atoms. The summed E-state index contributed by atoms with van der Waals surface area (Å²) in [7, 11) is 1.66. The summed E-state index contributed by atoms with van der Waals surface area (Å²) >= 11 is 0. The van der Waals surface area contributed by atoms with Crippen LogP contribution in [-0.2, 0) is 11.3 Å². The van der Waals surface area contributed by atoms with Crippen molar-refractivity contribution >= 4 is 22.4 Å². The van der Waals surface area contributed by atoms with Gasteiger partial charge in [0, 0.05) is 67.1 Å². The number of benzene rings is 2. The first-order chi connectivity index (χ1) is 17.5. The van der Waals surface area contributed by atoms with E-state index in [1.165, 1.54) is 0 Å². The maximum absolute atomic E-state index is 13.2. The topological polar surface area (TPSA) is 58.8 Å². The van der Waals surface area contributed by atoms with Crippen molar-refractivity contribution in [1.82, 2.24) is 14.8 Å². The lowest BCUT2D eigenvalue weighted by Gasteiger charge is -2.34. The number of aromatic nitrogens is 1. The van der Waals surface area contributed by atoms with Crippen LogP contribution in [0.4, 0.5) is 0 Å². The van der Waals surface area contributed by atoms with Gasteiger partial charge in [0.15, 0.2) is 0 Å². The first-order valence-corrected chi connectivity index (χ1v) is 12.3. The highest BCUT2D eigenvalue weighted by molar-refractivity contribution is 6.01. The molecule has 3 heterocycles. The largest absolute Gasteiger partial charge is 0.496 e. The Morgan fingerprint density at radius 2 is 1.83 bits per heavy atom. The number of carbonyl (C=O) groups excluding carboxylic acids is 1. The van der Waals surface area contributed by atoms with Gasteiger partial charge in [-0.2, -0.15) is 0 Å². The van der Waals surface area contributed by atoms with Crippen LogP contribution in [-0.4, -0.2) is 54.0 Å². The Morgan fingerprint density at radius 3 is 2.53 bits per heavy atom. The van der Waals surface area contributed by atoms with Gasteiger partial charge < -0.3 is 14.1 Å². The summed E-state index contributed by atoms with van der Waals surface area (Å²) in [6.45, 7) is 7.84. The molecule has 0 aliphatic carbocycles. The van der Waals surface area contributed by atoms with Crippen LogP contribution in [0.2, 0.25) is 0 Å². The molecule has 184 valence electrons. The van der Waals surface area contributed by atoms with Crippen LogP contribution in [0.5, 0.6) is 5.75 Å². The second-order valence-electron chi connectivity index (χ2n) is 9.22. The standard InChI is InChI=1S/C30H31N3O3/c1-21(17-28(34)33-15-13-32(14-16-33)19-24-11-7-8-12-31-24)25-18-26-27(23-9-5-4-6-10-23)20-36-30(26)22(2)29(25)35-3/h4-12,17-18,20H,13-16,19H2,1-3H3/b21-17+. The fourth-order valence-corrected chi connectivity index (χ4v) is 4.91. The Morgan fingerprint density at radius 1 is 1.08 bits per heavy atom. The molecule has 1 aliphatic rings. The fourth-order valence-electron chi connectivity index (χ4n) is 4.91. The van der Waals surface area contributed by atoms with E-state index in [0.717, 1.165) is 69.9 Å². The van der Waals surface area contributed by atoms with Gasteiger partial charge >= 0.3 is 0 Å². The number of methoxy groups -OCH3 is 1. The molecule has 0 radical (unpaired) electrons. The van der Waals surface area contributed by atoms with Crippen molar-refractivity contribution in [2.75, 3.05) is 33.3 Å². The third kappa shape index (κ3) is 4.77. The lowest BCUT2D eigenvalue weighted by atomic mass is 9.96. The summed E-state index contributed by atoms with van der Waals surface area (Å²) < 4.78 is 11.7. The number of furan rings is 1. The second-order valence-corrected chi connectivity index (χ2v) is 9.22. The van der Waals surface area contributed by atoms with E-state index in [4.69, 9.17) is 9.15 Å². The Bertz CT molecular complexity index is 1390. The van der Waals surface area contributed by atoms with E-state index in [1.807, 2.05) is 61.3 Å². The van der Waals surface area contributed by atoms with E-state index < -0.39 is 0 Å². The molecule has 6 heteroatoms. The van der Waals surface area contributed by atoms with Crippen LogP contribution in [0.15, 0.2) is 77.6 Å². The highest BCUT2D eigenvalue weighted by atomic mass is 16.5. The van der Waals surface area contributed by atoms with Crippen LogP contribution in [0.25, 0.3) is 27.7 Å². The van der Waals surface area contributed by atoms with Crippen molar-refractivity contribution in [3.05, 3.63) is 90.0 Å². The van der Waals surface area contributed by atoms with Gasteiger partial charge in [0.1, 0.15) is 11.3 Å². The minimum atomic E-state index is 0.0280. The molecule has 0 unspecified atom stereocenters. The Kier molecular flexibility index (Phi) is 6.87. The maximum atomic E-state index is 13.2. The summed E-state index contributed by atoms with van der Waals surface area (Å²) in [6, 6.07) is 18.2. The van der Waals surface area contributed by atoms with Crippen molar-refractivity contribution in [2.45, 2.75) is 20.4 Å². The minimum absolute atomic E-state index is 0.0280. The highest BCUT2D eigenvalue weighted by Gasteiger charge is 2.22. The summed E-state index contributed by atoms with van der Waals surface area (Å²) in [5, 5.41) is 1.01. The number of hydrogen-bond donors (Lipinski definition) is 0. The highest BCUT2D eigenvalue weighted by Crippen LogP contribution is 2.40. The predicted octanol–water partition coefficient (Wildman–Crippen LogP) is 5.56. The van der Waals surface area contributed by atoms with Gasteiger partial charge in [-0.05, 0) is 43.2 Å². The van der Waals surface area contributed by atoms with Crippen LogP contribution < -0.4 is 4.74 Å². The SMILES string of the molecule is COc1c(/C(C)=C/C(=O)N2CCN(Cc3ccccn3)CC2)cc2c(-c3ccccc3)coc2c1C. The number of pyridine rings is 1. The monoisotopic (exact) mass is 481 g/mol. The second kappa shape index (κ2) is 10.4. The van der Waals surface area contributed by atoms with Gasteiger partial charge in [0.2, 0.25) is 5.91 Å². The number of allylic oxidation sites excluding steroid dienone is 1. The number of carbonyl (C=O) groups is 1. The summed E-state index contributed by atoms with van der Waals surface area (Å²) in [6.07, 6.45) is 5.35. The van der Waals surface area contributed by atoms with Gasteiger partial charge in [-0.15, -0.1) is 0 Å². The molecular formula is C30H31N3O3. The molecule has 5 rings (SSSR count). The maximum Gasteiger partial charge on any atom is 0.246 e. The molecule has 0 spiro atoms. The lowest BCUT2D eigenvalue weighted by Crippen LogP contribution is -2.47. The number of nitrogens with zero attached hydrogens (tertiary/aromatic N) is 3. The zero-order valence-corrected chi connectivity index (χ0v) is 21.0. The van der Waals surface area contributed by atoms with Crippen LogP contribution in [0.3, 0.4) is 0 Å². The van der Waals surface area contributed by atoms with E-state index in [0.29, 0.717) is 13.1 Å². The lowest BCUT2D eigenvalue weighted by molar-refractivity contribution is -0.127. The molecule has 1 amide bonds. The third-order valence-electron chi connectivity index (χ3n) is 6.89. The first kappa shape index (κ1) is 23.8. The van der Waals surface area contributed by atoms with Gasteiger partial charge in [0.25, 0.3) is 0 Å².